The lowest BCUT2D eigenvalue weighted by Crippen LogP contribution is -2.56. The number of ether oxygens (including phenoxy) is 2. The van der Waals surface area contributed by atoms with Gasteiger partial charge in [0.25, 0.3) is 0 Å². The Morgan fingerprint density at radius 3 is 2.84 bits per heavy atom. The first-order valence-electron chi connectivity index (χ1n) is 15.5. The normalized spacial score (nSPS) is 26.2. The molecule has 0 saturated carbocycles. The fraction of sp³-hybridized carbons (Fsp3) is 0.455. The number of aryl methyl sites for hydroxylation is 1. The maximum Gasteiger partial charge on any atom is 0.319 e. The molecule has 4 aromatic rings. The predicted octanol–water partition coefficient (Wildman–Crippen LogP) is 5.10. The summed E-state index contributed by atoms with van der Waals surface area (Å²) < 4.78 is 57.7. The number of phenols is 1. The van der Waals surface area contributed by atoms with Crippen LogP contribution in [0.4, 0.5) is 19.0 Å². The molecule has 2 unspecified atom stereocenters. The first kappa shape index (κ1) is 28.3. The van der Waals surface area contributed by atoms with E-state index in [0.717, 1.165) is 19.4 Å². The zero-order valence-electron chi connectivity index (χ0n) is 24.7. The number of aromatic hydroxyl groups is 1. The van der Waals surface area contributed by atoms with Crippen LogP contribution in [0, 0.1) is 17.6 Å². The first-order valence-corrected chi connectivity index (χ1v) is 15.5. The molecule has 0 aliphatic carbocycles. The molecule has 4 aliphatic heterocycles. The van der Waals surface area contributed by atoms with Crippen molar-refractivity contribution >= 4 is 33.5 Å². The third-order valence-corrected chi connectivity index (χ3v) is 10.1. The number of nitrogens with zero attached hydrogens (tertiary/aromatic N) is 5. The molecule has 4 aliphatic rings. The van der Waals surface area contributed by atoms with Crippen molar-refractivity contribution in [3.63, 3.8) is 0 Å². The van der Waals surface area contributed by atoms with E-state index >= 15 is 4.39 Å². The van der Waals surface area contributed by atoms with Crippen molar-refractivity contribution in [3.05, 3.63) is 47.7 Å². The zero-order valence-corrected chi connectivity index (χ0v) is 24.7. The second-order valence-corrected chi connectivity index (χ2v) is 12.7. The molecular formula is C33H32F3N5O4. The van der Waals surface area contributed by atoms with Crippen LogP contribution in [0.15, 0.2) is 30.5 Å². The van der Waals surface area contributed by atoms with Crippen LogP contribution in [-0.2, 0) is 16.0 Å². The van der Waals surface area contributed by atoms with Crippen molar-refractivity contribution in [3.8, 4) is 23.0 Å². The molecule has 0 amide bonds. The number of esters is 1. The number of anilines is 1. The van der Waals surface area contributed by atoms with Gasteiger partial charge in [-0.25, -0.2) is 13.2 Å². The summed E-state index contributed by atoms with van der Waals surface area (Å²) >= 11 is 0. The lowest BCUT2D eigenvalue weighted by molar-refractivity contribution is -0.185. The summed E-state index contributed by atoms with van der Waals surface area (Å²) in [4.78, 5) is 29.6. The summed E-state index contributed by atoms with van der Waals surface area (Å²) in [7, 11) is 0. The number of phenolic OH excluding ortho intramolecular Hbond substituents is 1. The molecule has 1 N–H and O–H groups in total. The van der Waals surface area contributed by atoms with Crippen molar-refractivity contribution in [1.29, 1.82) is 0 Å². The number of hydrogen-bond acceptors (Lipinski definition) is 9. The fourth-order valence-corrected chi connectivity index (χ4v) is 7.86. The van der Waals surface area contributed by atoms with Gasteiger partial charge in [-0.3, -0.25) is 14.7 Å². The average Bonchev–Trinajstić information content (AvgIpc) is 3.55. The Hall–Kier alpha value is -4.19. The number of aromatic nitrogens is 3. The van der Waals surface area contributed by atoms with Crippen molar-refractivity contribution in [2.24, 2.45) is 5.92 Å². The molecule has 4 fully saturated rings. The van der Waals surface area contributed by atoms with Gasteiger partial charge in [0, 0.05) is 31.3 Å². The molecule has 4 atom stereocenters. The van der Waals surface area contributed by atoms with Crippen molar-refractivity contribution in [1.82, 2.24) is 19.9 Å². The van der Waals surface area contributed by atoms with Crippen LogP contribution in [-0.4, -0.2) is 81.5 Å². The van der Waals surface area contributed by atoms with Crippen LogP contribution in [0.25, 0.3) is 32.9 Å². The molecule has 2 aromatic heterocycles. The Bertz CT molecular complexity index is 1870. The number of halogens is 3. The van der Waals surface area contributed by atoms with Gasteiger partial charge in [-0.05, 0) is 66.8 Å². The smallest absolute Gasteiger partial charge is 0.319 e. The lowest BCUT2D eigenvalue weighted by Gasteiger charge is -2.43. The average molecular weight is 620 g/mol. The monoisotopic (exact) mass is 619 g/mol. The van der Waals surface area contributed by atoms with Crippen LogP contribution in [0.5, 0.6) is 11.8 Å². The molecule has 9 nitrogen and oxygen atoms in total. The third-order valence-electron chi connectivity index (χ3n) is 10.1. The Morgan fingerprint density at radius 2 is 2.04 bits per heavy atom. The quantitative estimate of drug-likeness (QED) is 0.296. The number of fused-ring (bicyclic) bond motifs is 4. The Kier molecular flexibility index (Phi) is 6.56. The molecule has 45 heavy (non-hydrogen) atoms. The van der Waals surface area contributed by atoms with E-state index in [2.05, 4.69) is 14.9 Å². The molecule has 4 saturated heterocycles. The van der Waals surface area contributed by atoms with Crippen molar-refractivity contribution < 1.29 is 32.5 Å². The van der Waals surface area contributed by atoms with Gasteiger partial charge in [0.15, 0.2) is 5.82 Å². The highest BCUT2D eigenvalue weighted by molar-refractivity contribution is 6.01. The van der Waals surface area contributed by atoms with Gasteiger partial charge in [0.05, 0.1) is 23.4 Å². The Labute approximate surface area is 257 Å². The molecule has 0 bridgehead atoms. The number of carbonyl (C=O) groups excluding carboxylic acids is 1. The lowest BCUT2D eigenvalue weighted by atomic mass is 9.89. The maximum atomic E-state index is 16.8. The van der Waals surface area contributed by atoms with E-state index in [1.807, 2.05) is 11.8 Å². The molecule has 0 spiro atoms. The minimum atomic E-state index is -0.936. The topological polar surface area (TPSA) is 101 Å². The highest BCUT2D eigenvalue weighted by Crippen LogP contribution is 2.42. The zero-order chi connectivity index (χ0) is 31.0. The molecule has 2 aromatic carbocycles. The predicted molar refractivity (Wildman–Crippen MR) is 160 cm³/mol. The van der Waals surface area contributed by atoms with E-state index in [1.165, 1.54) is 24.4 Å². The van der Waals surface area contributed by atoms with Crippen LogP contribution in [0.1, 0.15) is 38.2 Å². The standard InChI is InChI=1S/C33H32F3N5O4/c1-2-20-24(35)5-4-17-10-19(42)11-22(26(17)20)28-27(36)29-23(13-37-28)30(40-9-6-21-25(15-40)45-31(21)43)39-32(38-29)44-16-33-7-3-8-41(33)14-18(34)12-33/h4-5,10-11,13,18,21,25,42H,2-3,6-9,12,14-16H2,1H3/t18-,21?,25?,33+/m1/s1. The second kappa shape index (κ2) is 10.4. The highest BCUT2D eigenvalue weighted by Gasteiger charge is 2.50. The van der Waals surface area contributed by atoms with Crippen LogP contribution >= 0.6 is 0 Å². The van der Waals surface area contributed by atoms with E-state index in [1.54, 1.807) is 6.07 Å². The van der Waals surface area contributed by atoms with Gasteiger partial charge in [-0.15, -0.1) is 0 Å². The van der Waals surface area contributed by atoms with E-state index < -0.39 is 23.3 Å². The van der Waals surface area contributed by atoms with Gasteiger partial charge in [0.1, 0.15) is 47.5 Å². The van der Waals surface area contributed by atoms with E-state index in [0.29, 0.717) is 66.4 Å². The summed E-state index contributed by atoms with van der Waals surface area (Å²) in [5.41, 5.74) is 0.0272. The van der Waals surface area contributed by atoms with Gasteiger partial charge >= 0.3 is 12.0 Å². The van der Waals surface area contributed by atoms with Gasteiger partial charge in [0.2, 0.25) is 0 Å². The number of benzene rings is 2. The van der Waals surface area contributed by atoms with Crippen molar-refractivity contribution in [2.75, 3.05) is 37.7 Å². The largest absolute Gasteiger partial charge is 0.508 e. The fourth-order valence-electron chi connectivity index (χ4n) is 7.86. The van der Waals surface area contributed by atoms with Gasteiger partial charge < -0.3 is 19.5 Å². The molecular weight excluding hydrogens is 587 g/mol. The number of rotatable bonds is 6. The second-order valence-electron chi connectivity index (χ2n) is 12.7. The molecule has 6 heterocycles. The summed E-state index contributed by atoms with van der Waals surface area (Å²) in [5.74, 6) is -1.29. The number of alkyl halides is 1. The molecule has 0 radical (unpaired) electrons. The minimum absolute atomic E-state index is 0.0470. The Balaban J connectivity index is 1.26. The number of carbonyl (C=O) groups is 1. The minimum Gasteiger partial charge on any atom is -0.508 e. The third kappa shape index (κ3) is 4.47. The van der Waals surface area contributed by atoms with E-state index in [-0.39, 0.29) is 53.1 Å². The highest BCUT2D eigenvalue weighted by atomic mass is 19.1. The maximum absolute atomic E-state index is 16.8. The number of pyridine rings is 1. The van der Waals surface area contributed by atoms with Crippen LogP contribution < -0.4 is 9.64 Å². The van der Waals surface area contributed by atoms with Gasteiger partial charge in [-0.1, -0.05) is 13.0 Å². The van der Waals surface area contributed by atoms with Crippen LogP contribution in [0.3, 0.4) is 0 Å². The van der Waals surface area contributed by atoms with E-state index in [4.69, 9.17) is 14.5 Å². The molecule has 234 valence electrons. The number of piperidine rings is 1. The molecule has 8 rings (SSSR count). The molecule has 12 heteroatoms. The summed E-state index contributed by atoms with van der Waals surface area (Å²) in [6, 6.07) is 5.73. The summed E-state index contributed by atoms with van der Waals surface area (Å²) in [5, 5.41) is 11.9. The Morgan fingerprint density at radius 1 is 1.18 bits per heavy atom. The summed E-state index contributed by atoms with van der Waals surface area (Å²) in [6.45, 7) is 4.00. The summed E-state index contributed by atoms with van der Waals surface area (Å²) in [6.07, 6.45) is 3.26. The number of hydrogen-bond donors (Lipinski definition) is 1. The van der Waals surface area contributed by atoms with Crippen LogP contribution in [0.2, 0.25) is 0 Å². The van der Waals surface area contributed by atoms with E-state index in [9.17, 15) is 18.7 Å². The van der Waals surface area contributed by atoms with Crippen molar-refractivity contribution in [2.45, 2.75) is 56.8 Å². The first-order chi connectivity index (χ1) is 21.7. The SMILES string of the molecule is CCc1c(F)ccc2cc(O)cc(-c3ncc4c(N5CCC6C(=O)OC6C5)nc(OC[C@@]56CCCN5C[C@H](F)C6)nc4c3F)c12. The van der Waals surface area contributed by atoms with Gasteiger partial charge in [-0.2, -0.15) is 9.97 Å².